The van der Waals surface area contributed by atoms with Crippen molar-refractivity contribution in [2.24, 2.45) is 0 Å². The van der Waals surface area contributed by atoms with Gasteiger partial charge in [-0.2, -0.15) is 0 Å². The fourth-order valence-electron chi connectivity index (χ4n) is 2.04. The van der Waals surface area contributed by atoms with Gasteiger partial charge in [-0.15, -0.1) is 0 Å². The minimum Gasteiger partial charge on any atom is -0.227 e. The maximum atomic E-state index is 13.0. The van der Waals surface area contributed by atoms with Crippen LogP contribution in [0.5, 0.6) is 0 Å². The second-order valence-corrected chi connectivity index (χ2v) is 6.88. The second-order valence-electron chi connectivity index (χ2n) is 5.33. The van der Waals surface area contributed by atoms with Crippen molar-refractivity contribution in [2.45, 2.75) is 89.1 Å². The highest BCUT2D eigenvalue weighted by Crippen LogP contribution is 2.20. The molecule has 0 heterocycles. The Morgan fingerprint density at radius 2 is 1.33 bits per heavy atom. The summed E-state index contributed by atoms with van der Waals surface area (Å²) in [5.74, 6) is 0. The Balaban J connectivity index is 3.10. The van der Waals surface area contributed by atoms with Crippen LogP contribution in [-0.4, -0.2) is 4.58 Å². The predicted molar refractivity (Wildman–Crippen MR) is 84.0 cm³/mol. The number of unbranched alkanes of at least 4 members (excludes halogenated alkanes) is 10. The monoisotopic (exact) mass is 320 g/mol. The minimum atomic E-state index is -1.33. The van der Waals surface area contributed by atoms with Crippen molar-refractivity contribution in [3.05, 3.63) is 12.2 Å². The molecule has 0 aromatic heterocycles. The average molecular weight is 321 g/mol. The van der Waals surface area contributed by atoms with Crippen LogP contribution in [0.25, 0.3) is 0 Å². The Morgan fingerprint density at radius 1 is 0.889 bits per heavy atom. The highest BCUT2D eigenvalue weighted by molar-refractivity contribution is 9.10. The lowest BCUT2D eigenvalue weighted by Gasteiger charge is -2.04. The Morgan fingerprint density at radius 3 is 1.78 bits per heavy atom. The van der Waals surface area contributed by atoms with Crippen LogP contribution in [0.3, 0.4) is 0 Å². The topological polar surface area (TPSA) is 0 Å². The maximum absolute atomic E-state index is 13.0. The first-order valence-corrected chi connectivity index (χ1v) is 8.41. The third kappa shape index (κ3) is 16.1. The molecule has 108 valence electrons. The van der Waals surface area contributed by atoms with E-state index in [0.29, 0.717) is 0 Å². The molecule has 0 aromatic carbocycles. The molecular weight excluding hydrogens is 291 g/mol. The Hall–Kier alpha value is 0.150. The third-order valence-corrected chi connectivity index (χ3v) is 3.40. The summed E-state index contributed by atoms with van der Waals surface area (Å²) < 4.78 is 11.7. The van der Waals surface area contributed by atoms with Gasteiger partial charge in [0, 0.05) is 0 Å². The van der Waals surface area contributed by atoms with Gasteiger partial charge in [-0.1, -0.05) is 70.8 Å². The molecule has 0 rings (SSSR count). The molecule has 0 spiro atoms. The summed E-state index contributed by atoms with van der Waals surface area (Å²) in [6.45, 7) is 3.78. The Labute approximate surface area is 122 Å². The Kier molecular flexibility index (Phi) is 12.3. The summed E-state index contributed by atoms with van der Waals surface area (Å²) in [5, 5.41) is 0. The van der Waals surface area contributed by atoms with E-state index in [1.54, 1.807) is 6.08 Å². The summed E-state index contributed by atoms with van der Waals surface area (Å²) in [6.07, 6.45) is 18.1. The quantitative estimate of drug-likeness (QED) is 0.207. The van der Waals surface area contributed by atoms with Gasteiger partial charge in [-0.3, -0.25) is 0 Å². The first-order chi connectivity index (χ1) is 8.56. The van der Waals surface area contributed by atoms with Gasteiger partial charge in [0.2, 0.25) is 0 Å². The summed E-state index contributed by atoms with van der Waals surface area (Å²) >= 11 is 2.95. The van der Waals surface area contributed by atoms with E-state index in [2.05, 4.69) is 22.9 Å². The number of hydrogen-bond acceptors (Lipinski definition) is 0. The van der Waals surface area contributed by atoms with Crippen LogP contribution < -0.4 is 0 Å². The van der Waals surface area contributed by atoms with Crippen LogP contribution in [0.15, 0.2) is 12.2 Å². The molecule has 0 aliphatic carbocycles. The fraction of sp³-hybridized carbons (Fsp3) is 0.875. The minimum absolute atomic E-state index is 1.00. The van der Waals surface area contributed by atoms with Crippen molar-refractivity contribution in [2.75, 3.05) is 0 Å². The smallest absolute Gasteiger partial charge is 0.180 e. The largest absolute Gasteiger partial charge is 0.227 e. The molecule has 0 fully saturated rings. The zero-order valence-corrected chi connectivity index (χ0v) is 13.8. The van der Waals surface area contributed by atoms with Gasteiger partial charge in [0.1, 0.15) is 0 Å². The molecule has 1 atom stereocenters. The van der Waals surface area contributed by atoms with Gasteiger partial charge in [0.25, 0.3) is 0 Å². The van der Waals surface area contributed by atoms with Gasteiger partial charge in [-0.25, -0.2) is 4.39 Å². The zero-order chi connectivity index (χ0) is 13.7. The molecule has 0 saturated heterocycles. The molecule has 0 saturated carbocycles. The SMILES string of the molecule is CCCCCCCCCCCCC=CC(C)(F)Br. The third-order valence-electron chi connectivity index (χ3n) is 3.13. The molecular formula is C16H30BrF. The number of halogens is 2. The van der Waals surface area contributed by atoms with E-state index >= 15 is 0 Å². The lowest BCUT2D eigenvalue weighted by Crippen LogP contribution is -1.99. The van der Waals surface area contributed by atoms with Gasteiger partial charge >= 0.3 is 0 Å². The molecule has 0 aromatic rings. The zero-order valence-electron chi connectivity index (χ0n) is 12.2. The van der Waals surface area contributed by atoms with Gasteiger partial charge in [-0.05, 0) is 41.8 Å². The molecule has 18 heavy (non-hydrogen) atoms. The van der Waals surface area contributed by atoms with E-state index in [-0.39, 0.29) is 0 Å². The van der Waals surface area contributed by atoms with E-state index < -0.39 is 4.58 Å². The van der Waals surface area contributed by atoms with E-state index in [1.165, 1.54) is 71.1 Å². The van der Waals surface area contributed by atoms with Crippen molar-refractivity contribution >= 4 is 15.9 Å². The number of alkyl halides is 2. The lowest BCUT2D eigenvalue weighted by molar-refractivity contribution is 0.395. The molecule has 0 nitrogen and oxygen atoms in total. The highest BCUT2D eigenvalue weighted by Gasteiger charge is 2.10. The van der Waals surface area contributed by atoms with Crippen LogP contribution in [0.2, 0.25) is 0 Å². The molecule has 0 bridgehead atoms. The van der Waals surface area contributed by atoms with Crippen LogP contribution in [0.4, 0.5) is 4.39 Å². The van der Waals surface area contributed by atoms with Crippen molar-refractivity contribution in [1.29, 1.82) is 0 Å². The number of hydrogen-bond donors (Lipinski definition) is 0. The Bertz CT molecular complexity index is 194. The van der Waals surface area contributed by atoms with Crippen molar-refractivity contribution in [3.8, 4) is 0 Å². The maximum Gasteiger partial charge on any atom is 0.180 e. The highest BCUT2D eigenvalue weighted by atomic mass is 79.9. The molecule has 0 amide bonds. The average Bonchev–Trinajstić information content (AvgIpc) is 2.29. The molecule has 0 radical (unpaired) electrons. The van der Waals surface area contributed by atoms with Gasteiger partial charge < -0.3 is 0 Å². The molecule has 0 aliphatic heterocycles. The molecule has 0 aliphatic rings. The molecule has 2 heteroatoms. The first kappa shape index (κ1) is 18.1. The summed E-state index contributed by atoms with van der Waals surface area (Å²) in [7, 11) is 0. The van der Waals surface area contributed by atoms with E-state index in [0.717, 1.165) is 6.42 Å². The second kappa shape index (κ2) is 12.2. The lowest BCUT2D eigenvalue weighted by atomic mass is 10.1. The summed E-state index contributed by atoms with van der Waals surface area (Å²) in [5.41, 5.74) is 0. The first-order valence-electron chi connectivity index (χ1n) is 7.62. The summed E-state index contributed by atoms with van der Waals surface area (Å²) in [4.78, 5) is 0. The normalized spacial score (nSPS) is 15.1. The van der Waals surface area contributed by atoms with E-state index in [4.69, 9.17) is 0 Å². The molecule has 1 unspecified atom stereocenters. The number of rotatable bonds is 12. The van der Waals surface area contributed by atoms with Crippen LogP contribution >= 0.6 is 15.9 Å². The van der Waals surface area contributed by atoms with Gasteiger partial charge in [0.05, 0.1) is 0 Å². The van der Waals surface area contributed by atoms with Crippen LogP contribution in [0, 0.1) is 0 Å². The van der Waals surface area contributed by atoms with Crippen molar-refractivity contribution in [1.82, 2.24) is 0 Å². The number of allylic oxidation sites excluding steroid dienone is 2. The van der Waals surface area contributed by atoms with Crippen LogP contribution in [0.1, 0.15) is 84.5 Å². The van der Waals surface area contributed by atoms with Crippen molar-refractivity contribution in [3.63, 3.8) is 0 Å². The standard InChI is InChI=1S/C16H30BrF/c1-3-4-5-6-7-8-9-10-11-12-13-14-15-16(2,17)18/h14-15H,3-13H2,1-2H3. The van der Waals surface area contributed by atoms with Crippen LogP contribution in [-0.2, 0) is 0 Å². The van der Waals surface area contributed by atoms with E-state index in [9.17, 15) is 4.39 Å². The van der Waals surface area contributed by atoms with E-state index in [1.807, 2.05) is 6.08 Å². The molecule has 0 N–H and O–H groups in total. The summed E-state index contributed by atoms with van der Waals surface area (Å²) in [6, 6.07) is 0. The fourth-order valence-corrected chi connectivity index (χ4v) is 2.23. The predicted octanol–water partition coefficient (Wildman–Crippen LogP) is 6.93. The van der Waals surface area contributed by atoms with Crippen molar-refractivity contribution < 1.29 is 4.39 Å². The van der Waals surface area contributed by atoms with Gasteiger partial charge in [0.15, 0.2) is 4.58 Å².